The number of rotatable bonds is 4. The second-order valence-electron chi connectivity index (χ2n) is 8.22. The van der Waals surface area contributed by atoms with Gasteiger partial charge in [-0.1, -0.05) is 22.9 Å². The fraction of sp³-hybridized carbons (Fsp3) is 0.391. The molecule has 33 heavy (non-hydrogen) atoms. The third kappa shape index (κ3) is 4.79. The van der Waals surface area contributed by atoms with Gasteiger partial charge in [0.05, 0.1) is 27.3 Å². The molecule has 7 nitrogen and oxygen atoms in total. The zero-order valence-electron chi connectivity index (χ0n) is 18.9. The smallest absolute Gasteiger partial charge is 0.279 e. The minimum absolute atomic E-state index is 0.149. The van der Waals surface area contributed by atoms with Gasteiger partial charge in [0.15, 0.2) is 4.80 Å². The van der Waals surface area contributed by atoms with Crippen molar-refractivity contribution in [2.45, 2.75) is 51.3 Å². The highest BCUT2D eigenvalue weighted by Crippen LogP contribution is 2.26. The maximum atomic E-state index is 13.0. The first kappa shape index (κ1) is 24.1. The Bertz CT molecular complexity index is 1370. The Morgan fingerprint density at radius 2 is 1.82 bits per heavy atom. The first-order valence-corrected chi connectivity index (χ1v) is 13.4. The molecule has 176 valence electrons. The molecule has 2 heterocycles. The largest absolute Gasteiger partial charge is 0.373 e. The van der Waals surface area contributed by atoms with Crippen LogP contribution in [0.5, 0.6) is 0 Å². The minimum Gasteiger partial charge on any atom is -0.373 e. The van der Waals surface area contributed by atoms with E-state index in [1.807, 2.05) is 44.4 Å². The van der Waals surface area contributed by atoms with Crippen molar-refractivity contribution in [3.05, 3.63) is 57.3 Å². The number of nitrogens with zero attached hydrogens (tertiary/aromatic N) is 3. The molecule has 2 unspecified atom stereocenters. The quantitative estimate of drug-likeness (QED) is 0.529. The number of aryl methyl sites for hydroxylation is 2. The summed E-state index contributed by atoms with van der Waals surface area (Å²) in [6.45, 7) is 8.94. The number of halogens is 1. The van der Waals surface area contributed by atoms with E-state index in [4.69, 9.17) is 16.3 Å². The number of aromatic nitrogens is 1. The van der Waals surface area contributed by atoms with Crippen molar-refractivity contribution in [1.82, 2.24) is 8.87 Å². The van der Waals surface area contributed by atoms with E-state index in [2.05, 4.69) is 4.99 Å². The molecular formula is C23H26ClN3O4S2. The van der Waals surface area contributed by atoms with Crippen LogP contribution in [0.2, 0.25) is 5.02 Å². The molecule has 10 heteroatoms. The van der Waals surface area contributed by atoms with E-state index in [0.29, 0.717) is 35.0 Å². The van der Waals surface area contributed by atoms with Crippen LogP contribution < -0.4 is 4.80 Å². The lowest BCUT2D eigenvalue weighted by Gasteiger charge is -2.34. The van der Waals surface area contributed by atoms with Crippen LogP contribution in [0.15, 0.2) is 46.3 Å². The Kier molecular flexibility index (Phi) is 6.80. The molecule has 0 aliphatic carbocycles. The fourth-order valence-electron chi connectivity index (χ4n) is 4.15. The first-order valence-electron chi connectivity index (χ1n) is 10.7. The maximum Gasteiger partial charge on any atom is 0.279 e. The molecule has 1 aromatic heterocycles. The summed E-state index contributed by atoms with van der Waals surface area (Å²) < 4.78 is 36.1. The van der Waals surface area contributed by atoms with Crippen molar-refractivity contribution in [2.24, 2.45) is 4.99 Å². The van der Waals surface area contributed by atoms with E-state index < -0.39 is 15.9 Å². The normalized spacial score (nSPS) is 20.5. The standard InChI is InChI=1S/C23H26ClN3O4S2/c1-5-27-21-14(2)10-18(24)11-20(21)32-23(27)25-22(28)17-6-8-19(9-7-17)33(29,30)26-12-15(3)31-16(4)13-26/h6-11,15-16H,5,12-13H2,1-4H3. The number of benzene rings is 2. The lowest BCUT2D eigenvalue weighted by molar-refractivity contribution is -0.0440. The van der Waals surface area contributed by atoms with Crippen LogP contribution in [0.4, 0.5) is 0 Å². The third-order valence-electron chi connectivity index (χ3n) is 5.57. The third-order valence-corrected chi connectivity index (χ3v) is 8.66. The molecule has 2 atom stereocenters. The Labute approximate surface area is 202 Å². The molecule has 1 aliphatic heterocycles. The second kappa shape index (κ2) is 9.31. The molecule has 0 spiro atoms. The Hall–Kier alpha value is -2.04. The van der Waals surface area contributed by atoms with Gasteiger partial charge in [-0.05, 0) is 69.7 Å². The van der Waals surface area contributed by atoms with Crippen LogP contribution in [-0.2, 0) is 21.3 Å². The summed E-state index contributed by atoms with van der Waals surface area (Å²) >= 11 is 7.60. The summed E-state index contributed by atoms with van der Waals surface area (Å²) in [5.41, 5.74) is 2.35. The lowest BCUT2D eigenvalue weighted by atomic mass is 10.2. The first-order chi connectivity index (χ1) is 15.6. The Morgan fingerprint density at radius 3 is 2.42 bits per heavy atom. The van der Waals surface area contributed by atoms with Gasteiger partial charge in [-0.25, -0.2) is 8.42 Å². The number of hydrogen-bond donors (Lipinski definition) is 0. The Balaban J connectivity index is 1.64. The van der Waals surface area contributed by atoms with Crippen LogP contribution in [0.3, 0.4) is 0 Å². The zero-order valence-corrected chi connectivity index (χ0v) is 21.3. The molecule has 2 aromatic carbocycles. The van der Waals surface area contributed by atoms with E-state index in [1.54, 1.807) is 0 Å². The van der Waals surface area contributed by atoms with E-state index in [-0.39, 0.29) is 17.1 Å². The summed E-state index contributed by atoms with van der Waals surface area (Å²) in [5.74, 6) is -0.426. The molecule has 1 amide bonds. The van der Waals surface area contributed by atoms with Crippen molar-refractivity contribution < 1.29 is 17.9 Å². The molecule has 1 fully saturated rings. The fourth-order valence-corrected chi connectivity index (χ4v) is 7.29. The highest BCUT2D eigenvalue weighted by molar-refractivity contribution is 7.89. The molecule has 1 aliphatic rings. The summed E-state index contributed by atoms with van der Waals surface area (Å²) in [6.07, 6.45) is -0.346. The van der Waals surface area contributed by atoms with Crippen molar-refractivity contribution >= 4 is 49.1 Å². The monoisotopic (exact) mass is 507 g/mol. The molecule has 0 bridgehead atoms. The van der Waals surface area contributed by atoms with E-state index in [9.17, 15) is 13.2 Å². The predicted octanol–water partition coefficient (Wildman–Crippen LogP) is 4.22. The van der Waals surface area contributed by atoms with Crippen molar-refractivity contribution in [3.63, 3.8) is 0 Å². The molecular weight excluding hydrogens is 482 g/mol. The highest BCUT2D eigenvalue weighted by atomic mass is 35.5. The van der Waals surface area contributed by atoms with Crippen LogP contribution in [0, 0.1) is 6.92 Å². The number of thiazole rings is 1. The second-order valence-corrected chi connectivity index (χ2v) is 11.6. The number of fused-ring (bicyclic) bond motifs is 1. The van der Waals surface area contributed by atoms with Gasteiger partial charge >= 0.3 is 0 Å². The van der Waals surface area contributed by atoms with Crippen LogP contribution in [-0.4, -0.2) is 48.5 Å². The number of carbonyl (C=O) groups is 1. The van der Waals surface area contributed by atoms with Gasteiger partial charge in [0.25, 0.3) is 5.91 Å². The summed E-state index contributed by atoms with van der Waals surface area (Å²) in [7, 11) is -3.67. The molecule has 0 saturated carbocycles. The van der Waals surface area contributed by atoms with Crippen molar-refractivity contribution in [2.75, 3.05) is 13.1 Å². The summed E-state index contributed by atoms with van der Waals surface area (Å²) in [6, 6.07) is 9.72. The Morgan fingerprint density at radius 1 is 1.18 bits per heavy atom. The molecule has 1 saturated heterocycles. The van der Waals surface area contributed by atoms with Gasteiger partial charge in [0, 0.05) is 30.2 Å². The van der Waals surface area contributed by atoms with E-state index in [1.165, 1.54) is 39.9 Å². The lowest BCUT2D eigenvalue weighted by Crippen LogP contribution is -2.48. The topological polar surface area (TPSA) is 81.0 Å². The number of carbonyl (C=O) groups excluding carboxylic acids is 1. The number of ether oxygens (including phenoxy) is 1. The minimum atomic E-state index is -3.67. The SMILES string of the molecule is CCn1c(=NC(=O)c2ccc(S(=O)(=O)N3CC(C)OC(C)C3)cc2)sc2cc(Cl)cc(C)c21. The zero-order chi connectivity index (χ0) is 23.9. The maximum absolute atomic E-state index is 13.0. The number of morpholine rings is 1. The van der Waals surface area contributed by atoms with Gasteiger partial charge in [-0.2, -0.15) is 9.30 Å². The predicted molar refractivity (Wildman–Crippen MR) is 130 cm³/mol. The number of sulfonamides is 1. The van der Waals surface area contributed by atoms with Crippen molar-refractivity contribution in [3.8, 4) is 0 Å². The van der Waals surface area contributed by atoms with E-state index >= 15 is 0 Å². The van der Waals surface area contributed by atoms with Crippen LogP contribution in [0.25, 0.3) is 10.2 Å². The van der Waals surface area contributed by atoms with E-state index in [0.717, 1.165) is 15.8 Å². The molecule has 0 N–H and O–H groups in total. The summed E-state index contributed by atoms with van der Waals surface area (Å²) in [4.78, 5) is 17.9. The van der Waals surface area contributed by atoms with Crippen LogP contribution >= 0.6 is 22.9 Å². The van der Waals surface area contributed by atoms with Gasteiger partial charge in [0.1, 0.15) is 0 Å². The average Bonchev–Trinajstić information content (AvgIpc) is 3.10. The van der Waals surface area contributed by atoms with Gasteiger partial charge in [-0.3, -0.25) is 4.79 Å². The number of amides is 1. The van der Waals surface area contributed by atoms with Gasteiger partial charge in [-0.15, -0.1) is 0 Å². The molecule has 4 rings (SSSR count). The van der Waals surface area contributed by atoms with Crippen molar-refractivity contribution in [1.29, 1.82) is 0 Å². The number of hydrogen-bond acceptors (Lipinski definition) is 5. The summed E-state index contributed by atoms with van der Waals surface area (Å²) in [5, 5.41) is 0.642. The highest BCUT2D eigenvalue weighted by Gasteiger charge is 2.32. The molecule has 0 radical (unpaired) electrons. The molecule has 3 aromatic rings. The van der Waals surface area contributed by atoms with Gasteiger partial charge < -0.3 is 9.30 Å². The van der Waals surface area contributed by atoms with Crippen LogP contribution in [0.1, 0.15) is 36.7 Å². The average molecular weight is 508 g/mol. The van der Waals surface area contributed by atoms with Gasteiger partial charge in [0.2, 0.25) is 10.0 Å².